The second-order valence-corrected chi connectivity index (χ2v) is 5.97. The minimum atomic E-state index is -0.0351. The maximum absolute atomic E-state index is 11.4. The van der Waals surface area contributed by atoms with Gasteiger partial charge in [-0.05, 0) is 36.2 Å². The first kappa shape index (κ1) is 16.8. The quantitative estimate of drug-likeness (QED) is 0.651. The van der Waals surface area contributed by atoms with Crippen LogP contribution in [-0.2, 0) is 4.79 Å². The summed E-state index contributed by atoms with van der Waals surface area (Å²) in [5.41, 5.74) is 10.5. The number of hydrogen-bond donors (Lipinski definition) is 2. The molecule has 1 aliphatic rings. The molecule has 1 atom stereocenters. The summed E-state index contributed by atoms with van der Waals surface area (Å²) in [4.78, 5) is 15.4. The molecule has 0 spiro atoms. The van der Waals surface area contributed by atoms with Crippen LogP contribution < -0.4 is 10.9 Å². The van der Waals surface area contributed by atoms with Gasteiger partial charge in [0.25, 0.3) is 0 Å². The highest BCUT2D eigenvalue weighted by Crippen LogP contribution is 2.18. The van der Waals surface area contributed by atoms with E-state index in [1.54, 1.807) is 12.4 Å². The van der Waals surface area contributed by atoms with Gasteiger partial charge in [-0.2, -0.15) is 10.2 Å². The number of anilines is 1. The van der Waals surface area contributed by atoms with Crippen LogP contribution in [0.4, 0.5) is 5.69 Å². The molecule has 2 heterocycles. The van der Waals surface area contributed by atoms with Crippen molar-refractivity contribution < 1.29 is 4.79 Å². The zero-order valence-electron chi connectivity index (χ0n) is 14.4. The third-order valence-corrected chi connectivity index (χ3v) is 4.11. The fraction of sp³-hybridized carbons (Fsp3) is 0.263. The van der Waals surface area contributed by atoms with Crippen molar-refractivity contribution in [1.29, 1.82) is 0 Å². The Bertz CT molecular complexity index is 796. The van der Waals surface area contributed by atoms with Crippen LogP contribution in [0.5, 0.6) is 0 Å². The van der Waals surface area contributed by atoms with Crippen LogP contribution in [0.15, 0.2) is 59.0 Å². The van der Waals surface area contributed by atoms with Crippen LogP contribution in [0.2, 0.25) is 0 Å². The van der Waals surface area contributed by atoms with Crippen LogP contribution in [0.1, 0.15) is 37.8 Å². The van der Waals surface area contributed by atoms with E-state index in [4.69, 9.17) is 0 Å². The van der Waals surface area contributed by atoms with Crippen LogP contribution in [0, 0.1) is 5.92 Å². The standard InChI is InChI=1S/C19H21N5O/c1-3-17(14-8-10-20-11-9-14)22-21-16-6-4-15(5-7-16)19-13(2)12-18(25)23-24-19/h4-11,13,21H,3,12H2,1-2H3,(H,23,25). The number of carbonyl (C=O) groups excluding carboxylic acids is 1. The maximum atomic E-state index is 11.4. The SMILES string of the molecule is CCC(=NNc1ccc(C2=NNC(=O)CC2C)cc1)c1ccncc1. The van der Waals surface area contributed by atoms with Crippen LogP contribution in [-0.4, -0.2) is 22.3 Å². The van der Waals surface area contributed by atoms with Gasteiger partial charge in [0.15, 0.2) is 0 Å². The number of aromatic nitrogens is 1. The fourth-order valence-electron chi connectivity index (χ4n) is 2.74. The van der Waals surface area contributed by atoms with E-state index in [0.717, 1.165) is 34.7 Å². The molecule has 1 aromatic heterocycles. The molecule has 1 amide bonds. The molecule has 1 unspecified atom stereocenters. The molecule has 0 bridgehead atoms. The summed E-state index contributed by atoms with van der Waals surface area (Å²) in [7, 11) is 0. The summed E-state index contributed by atoms with van der Waals surface area (Å²) in [6.07, 6.45) is 4.82. The van der Waals surface area contributed by atoms with Gasteiger partial charge in [-0.3, -0.25) is 15.2 Å². The van der Waals surface area contributed by atoms with Gasteiger partial charge in [0, 0.05) is 30.3 Å². The zero-order chi connectivity index (χ0) is 17.6. The lowest BCUT2D eigenvalue weighted by Gasteiger charge is -2.19. The van der Waals surface area contributed by atoms with Crippen molar-refractivity contribution in [3.63, 3.8) is 0 Å². The van der Waals surface area contributed by atoms with Gasteiger partial charge >= 0.3 is 0 Å². The van der Waals surface area contributed by atoms with Crippen molar-refractivity contribution in [2.24, 2.45) is 16.1 Å². The number of benzene rings is 1. The molecule has 0 saturated heterocycles. The Hall–Kier alpha value is -3.02. The van der Waals surface area contributed by atoms with Gasteiger partial charge in [-0.15, -0.1) is 0 Å². The number of nitrogens with one attached hydrogen (secondary N) is 2. The second kappa shape index (κ2) is 7.70. The van der Waals surface area contributed by atoms with E-state index in [1.807, 2.05) is 43.3 Å². The average molecular weight is 335 g/mol. The van der Waals surface area contributed by atoms with Gasteiger partial charge in [0.05, 0.1) is 17.1 Å². The first-order valence-electron chi connectivity index (χ1n) is 8.37. The lowest BCUT2D eigenvalue weighted by Crippen LogP contribution is -2.31. The van der Waals surface area contributed by atoms with Crippen molar-refractivity contribution >= 4 is 23.0 Å². The molecular weight excluding hydrogens is 314 g/mol. The van der Waals surface area contributed by atoms with Crippen LogP contribution >= 0.6 is 0 Å². The average Bonchev–Trinajstić information content (AvgIpc) is 2.64. The van der Waals surface area contributed by atoms with E-state index >= 15 is 0 Å². The van der Waals surface area contributed by atoms with Gasteiger partial charge in [0.2, 0.25) is 5.91 Å². The number of amides is 1. The van der Waals surface area contributed by atoms with Gasteiger partial charge < -0.3 is 0 Å². The fourth-order valence-corrected chi connectivity index (χ4v) is 2.74. The van der Waals surface area contributed by atoms with Gasteiger partial charge in [-0.25, -0.2) is 5.43 Å². The maximum Gasteiger partial charge on any atom is 0.240 e. The Morgan fingerprint density at radius 1 is 1.24 bits per heavy atom. The van der Waals surface area contributed by atoms with E-state index in [1.165, 1.54) is 0 Å². The predicted octanol–water partition coefficient (Wildman–Crippen LogP) is 3.17. The lowest BCUT2D eigenvalue weighted by atomic mass is 9.94. The molecule has 2 aromatic rings. The van der Waals surface area contributed by atoms with E-state index in [2.05, 4.69) is 33.0 Å². The first-order valence-corrected chi connectivity index (χ1v) is 8.37. The lowest BCUT2D eigenvalue weighted by molar-refractivity contribution is -0.121. The van der Waals surface area contributed by atoms with Crippen molar-refractivity contribution in [2.45, 2.75) is 26.7 Å². The Morgan fingerprint density at radius 3 is 2.60 bits per heavy atom. The molecule has 6 nitrogen and oxygen atoms in total. The minimum Gasteiger partial charge on any atom is -0.278 e. The number of carbonyl (C=O) groups is 1. The van der Waals surface area contributed by atoms with Crippen molar-refractivity contribution in [3.8, 4) is 0 Å². The molecular formula is C19H21N5O. The zero-order valence-corrected chi connectivity index (χ0v) is 14.4. The topological polar surface area (TPSA) is 78.7 Å². The summed E-state index contributed by atoms with van der Waals surface area (Å²) >= 11 is 0. The van der Waals surface area contributed by atoms with Crippen molar-refractivity contribution in [2.75, 3.05) is 5.43 Å². The third-order valence-electron chi connectivity index (χ3n) is 4.11. The first-order chi connectivity index (χ1) is 12.2. The van der Waals surface area contributed by atoms with E-state index in [9.17, 15) is 4.79 Å². The van der Waals surface area contributed by atoms with Gasteiger partial charge in [0.1, 0.15) is 0 Å². The second-order valence-electron chi connectivity index (χ2n) is 5.97. The molecule has 1 aromatic carbocycles. The summed E-state index contributed by atoms with van der Waals surface area (Å²) in [6, 6.07) is 11.8. The Morgan fingerprint density at radius 2 is 1.96 bits per heavy atom. The number of pyridine rings is 1. The molecule has 2 N–H and O–H groups in total. The largest absolute Gasteiger partial charge is 0.278 e. The van der Waals surface area contributed by atoms with Crippen LogP contribution in [0.25, 0.3) is 0 Å². The minimum absolute atomic E-state index is 0.0351. The summed E-state index contributed by atoms with van der Waals surface area (Å²) < 4.78 is 0. The summed E-state index contributed by atoms with van der Waals surface area (Å²) in [6.45, 7) is 4.08. The third kappa shape index (κ3) is 4.09. The number of nitrogens with zero attached hydrogens (tertiary/aromatic N) is 3. The molecule has 6 heteroatoms. The molecule has 128 valence electrons. The van der Waals surface area contributed by atoms with Crippen LogP contribution in [0.3, 0.4) is 0 Å². The van der Waals surface area contributed by atoms with Crippen molar-refractivity contribution in [1.82, 2.24) is 10.4 Å². The Kier molecular flexibility index (Phi) is 5.18. The highest BCUT2D eigenvalue weighted by atomic mass is 16.2. The number of rotatable bonds is 5. The number of hydrogen-bond acceptors (Lipinski definition) is 5. The monoisotopic (exact) mass is 335 g/mol. The molecule has 0 aliphatic carbocycles. The number of hydrazone groups is 2. The normalized spacial score (nSPS) is 17.7. The smallest absolute Gasteiger partial charge is 0.240 e. The van der Waals surface area contributed by atoms with E-state index in [0.29, 0.717) is 6.42 Å². The molecule has 0 saturated carbocycles. The Balaban J connectivity index is 1.73. The molecule has 25 heavy (non-hydrogen) atoms. The summed E-state index contributed by atoms with van der Waals surface area (Å²) in [5, 5.41) is 8.68. The Labute approximate surface area is 147 Å². The van der Waals surface area contributed by atoms with Crippen molar-refractivity contribution in [3.05, 3.63) is 59.9 Å². The molecule has 0 radical (unpaired) electrons. The summed E-state index contributed by atoms with van der Waals surface area (Å²) in [5.74, 6) is 0.0797. The van der Waals surface area contributed by atoms with Gasteiger partial charge in [-0.1, -0.05) is 26.0 Å². The predicted molar refractivity (Wildman–Crippen MR) is 99.6 cm³/mol. The highest BCUT2D eigenvalue weighted by molar-refractivity contribution is 6.06. The molecule has 3 rings (SSSR count). The molecule has 0 fully saturated rings. The highest BCUT2D eigenvalue weighted by Gasteiger charge is 2.21. The molecule has 1 aliphatic heterocycles. The van der Waals surface area contributed by atoms with E-state index < -0.39 is 0 Å². The van der Waals surface area contributed by atoms with E-state index in [-0.39, 0.29) is 11.8 Å².